The lowest BCUT2D eigenvalue weighted by molar-refractivity contribution is -0.125. The number of rotatable bonds is 7. The average molecular weight is 227 g/mol. The molecular formula is C11H21N3O2. The first-order valence-corrected chi connectivity index (χ1v) is 5.52. The van der Waals surface area contributed by atoms with Gasteiger partial charge in [0.15, 0.2) is 6.29 Å². The molecule has 5 heteroatoms. The van der Waals surface area contributed by atoms with Crippen LogP contribution >= 0.6 is 0 Å². The highest BCUT2D eigenvalue weighted by atomic mass is 16.7. The SMILES string of the molecule is CCCn1ccnc1C(NC)C(OC)OC. The van der Waals surface area contributed by atoms with E-state index in [2.05, 4.69) is 21.8 Å². The van der Waals surface area contributed by atoms with Crippen LogP contribution in [0.25, 0.3) is 0 Å². The van der Waals surface area contributed by atoms with Gasteiger partial charge in [-0.3, -0.25) is 0 Å². The van der Waals surface area contributed by atoms with Crippen LogP contribution in [0.2, 0.25) is 0 Å². The molecule has 0 aliphatic rings. The monoisotopic (exact) mass is 227 g/mol. The van der Waals surface area contributed by atoms with Crippen LogP contribution in [-0.4, -0.2) is 37.1 Å². The fourth-order valence-corrected chi connectivity index (χ4v) is 1.78. The number of hydrogen-bond donors (Lipinski definition) is 1. The normalized spacial score (nSPS) is 13.3. The Morgan fingerprint density at radius 2 is 2.12 bits per heavy atom. The van der Waals surface area contributed by atoms with E-state index in [9.17, 15) is 0 Å². The molecule has 0 aliphatic heterocycles. The molecule has 0 aliphatic carbocycles. The molecule has 0 spiro atoms. The quantitative estimate of drug-likeness (QED) is 0.710. The maximum absolute atomic E-state index is 5.27. The van der Waals surface area contributed by atoms with Crippen molar-refractivity contribution in [2.24, 2.45) is 0 Å². The Kier molecular flexibility index (Phi) is 5.45. The highest BCUT2D eigenvalue weighted by Crippen LogP contribution is 2.17. The second-order valence-electron chi connectivity index (χ2n) is 3.58. The van der Waals surface area contributed by atoms with Crippen molar-refractivity contribution in [2.45, 2.75) is 32.2 Å². The zero-order valence-electron chi connectivity index (χ0n) is 10.4. The van der Waals surface area contributed by atoms with Crippen molar-refractivity contribution in [2.75, 3.05) is 21.3 Å². The van der Waals surface area contributed by atoms with Gasteiger partial charge < -0.3 is 19.4 Å². The predicted molar refractivity (Wildman–Crippen MR) is 62.1 cm³/mol. The molecule has 1 N–H and O–H groups in total. The Hall–Kier alpha value is -0.910. The van der Waals surface area contributed by atoms with Gasteiger partial charge in [0.1, 0.15) is 11.9 Å². The molecule has 0 aromatic carbocycles. The van der Waals surface area contributed by atoms with Crippen LogP contribution in [0.4, 0.5) is 0 Å². The summed E-state index contributed by atoms with van der Waals surface area (Å²) in [6.07, 6.45) is 4.52. The summed E-state index contributed by atoms with van der Waals surface area (Å²) in [6.45, 7) is 3.09. The van der Waals surface area contributed by atoms with Crippen molar-refractivity contribution in [1.29, 1.82) is 0 Å². The van der Waals surface area contributed by atoms with E-state index < -0.39 is 0 Å². The second kappa shape index (κ2) is 6.62. The summed E-state index contributed by atoms with van der Waals surface area (Å²) in [5, 5.41) is 3.17. The van der Waals surface area contributed by atoms with Crippen LogP contribution in [0.1, 0.15) is 25.2 Å². The molecule has 5 nitrogen and oxygen atoms in total. The second-order valence-corrected chi connectivity index (χ2v) is 3.58. The van der Waals surface area contributed by atoms with Gasteiger partial charge in [-0.15, -0.1) is 0 Å². The van der Waals surface area contributed by atoms with Crippen molar-refractivity contribution in [3.05, 3.63) is 18.2 Å². The fraction of sp³-hybridized carbons (Fsp3) is 0.727. The standard InChI is InChI=1S/C11H21N3O2/c1-5-7-14-8-6-13-10(14)9(12-2)11(15-3)16-4/h6,8-9,11-12H,5,7H2,1-4H3. The molecule has 0 amide bonds. The first-order valence-electron chi connectivity index (χ1n) is 5.52. The molecule has 0 bridgehead atoms. The number of aryl methyl sites for hydroxylation is 1. The Labute approximate surface area is 96.8 Å². The number of ether oxygens (including phenoxy) is 2. The summed E-state index contributed by atoms with van der Waals surface area (Å²) in [5.74, 6) is 0.943. The van der Waals surface area contributed by atoms with E-state index >= 15 is 0 Å². The molecular weight excluding hydrogens is 206 g/mol. The fourth-order valence-electron chi connectivity index (χ4n) is 1.78. The summed E-state index contributed by atoms with van der Waals surface area (Å²) >= 11 is 0. The van der Waals surface area contributed by atoms with Gasteiger partial charge in [-0.1, -0.05) is 6.92 Å². The van der Waals surface area contributed by atoms with Crippen molar-refractivity contribution < 1.29 is 9.47 Å². The molecule has 0 radical (unpaired) electrons. The van der Waals surface area contributed by atoms with E-state index in [1.54, 1.807) is 20.4 Å². The van der Waals surface area contributed by atoms with E-state index in [-0.39, 0.29) is 12.3 Å². The van der Waals surface area contributed by atoms with Crippen LogP contribution in [-0.2, 0) is 16.0 Å². The third-order valence-corrected chi connectivity index (χ3v) is 2.54. The molecule has 1 heterocycles. The van der Waals surface area contributed by atoms with E-state index in [0.29, 0.717) is 0 Å². The topological polar surface area (TPSA) is 48.3 Å². The van der Waals surface area contributed by atoms with Gasteiger partial charge in [0.25, 0.3) is 0 Å². The van der Waals surface area contributed by atoms with Crippen LogP contribution in [0.15, 0.2) is 12.4 Å². The first kappa shape index (κ1) is 13.2. The first-order chi connectivity index (χ1) is 7.78. The summed E-state index contributed by atoms with van der Waals surface area (Å²) in [4.78, 5) is 4.36. The summed E-state index contributed by atoms with van der Waals surface area (Å²) < 4.78 is 12.7. The molecule has 1 rings (SSSR count). The van der Waals surface area contributed by atoms with E-state index in [0.717, 1.165) is 18.8 Å². The average Bonchev–Trinajstić information content (AvgIpc) is 2.74. The van der Waals surface area contributed by atoms with Crippen molar-refractivity contribution in [3.8, 4) is 0 Å². The predicted octanol–water partition coefficient (Wildman–Crippen LogP) is 1.17. The minimum absolute atomic E-state index is 0.0588. The van der Waals surface area contributed by atoms with Gasteiger partial charge in [0.05, 0.1) is 0 Å². The zero-order chi connectivity index (χ0) is 12.0. The van der Waals surface area contributed by atoms with Crippen LogP contribution in [0.3, 0.4) is 0 Å². The highest BCUT2D eigenvalue weighted by Gasteiger charge is 2.24. The lowest BCUT2D eigenvalue weighted by Crippen LogP contribution is -2.34. The van der Waals surface area contributed by atoms with Gasteiger partial charge in [-0.2, -0.15) is 0 Å². The lowest BCUT2D eigenvalue weighted by atomic mass is 10.2. The molecule has 1 atom stereocenters. The highest BCUT2D eigenvalue weighted by molar-refractivity contribution is 5.00. The van der Waals surface area contributed by atoms with Gasteiger partial charge in [0.2, 0.25) is 0 Å². The lowest BCUT2D eigenvalue weighted by Gasteiger charge is -2.24. The van der Waals surface area contributed by atoms with Crippen molar-refractivity contribution in [1.82, 2.24) is 14.9 Å². The van der Waals surface area contributed by atoms with Gasteiger partial charge in [-0.05, 0) is 13.5 Å². The molecule has 16 heavy (non-hydrogen) atoms. The third-order valence-electron chi connectivity index (χ3n) is 2.54. The Morgan fingerprint density at radius 3 is 2.62 bits per heavy atom. The molecule has 92 valence electrons. The van der Waals surface area contributed by atoms with Crippen molar-refractivity contribution in [3.63, 3.8) is 0 Å². The van der Waals surface area contributed by atoms with Gasteiger partial charge in [-0.25, -0.2) is 4.98 Å². The molecule has 0 fully saturated rings. The number of hydrogen-bond acceptors (Lipinski definition) is 4. The molecule has 1 aromatic rings. The number of imidazole rings is 1. The van der Waals surface area contributed by atoms with E-state index in [1.807, 2.05) is 13.2 Å². The molecule has 0 saturated carbocycles. The summed E-state index contributed by atoms with van der Waals surface area (Å²) in [5.41, 5.74) is 0. The van der Waals surface area contributed by atoms with Crippen LogP contribution < -0.4 is 5.32 Å². The largest absolute Gasteiger partial charge is 0.354 e. The summed E-state index contributed by atoms with van der Waals surface area (Å²) in [6, 6.07) is -0.0588. The number of aromatic nitrogens is 2. The Bertz CT molecular complexity index is 297. The maximum atomic E-state index is 5.27. The minimum Gasteiger partial charge on any atom is -0.354 e. The molecule has 1 unspecified atom stereocenters. The zero-order valence-corrected chi connectivity index (χ0v) is 10.4. The maximum Gasteiger partial charge on any atom is 0.179 e. The van der Waals surface area contributed by atoms with Gasteiger partial charge >= 0.3 is 0 Å². The number of likely N-dealkylation sites (N-methyl/N-ethyl adjacent to an activating group) is 1. The smallest absolute Gasteiger partial charge is 0.179 e. The number of nitrogens with one attached hydrogen (secondary N) is 1. The Morgan fingerprint density at radius 1 is 1.44 bits per heavy atom. The van der Waals surface area contributed by atoms with Gasteiger partial charge in [0, 0.05) is 33.2 Å². The summed E-state index contributed by atoms with van der Waals surface area (Å²) in [7, 11) is 5.14. The van der Waals surface area contributed by atoms with E-state index in [4.69, 9.17) is 9.47 Å². The number of nitrogens with zero attached hydrogens (tertiary/aromatic N) is 2. The van der Waals surface area contributed by atoms with Crippen LogP contribution in [0, 0.1) is 0 Å². The third kappa shape index (κ3) is 2.81. The van der Waals surface area contributed by atoms with Crippen LogP contribution in [0.5, 0.6) is 0 Å². The molecule has 1 aromatic heterocycles. The number of methoxy groups -OCH3 is 2. The van der Waals surface area contributed by atoms with Crippen molar-refractivity contribution >= 4 is 0 Å². The van der Waals surface area contributed by atoms with E-state index in [1.165, 1.54) is 0 Å². The minimum atomic E-state index is -0.331. The molecule has 0 saturated heterocycles. The Balaban J connectivity index is 2.88.